The molecule has 100 valence electrons. The fourth-order valence-corrected chi connectivity index (χ4v) is 1.36. The zero-order valence-electron chi connectivity index (χ0n) is 9.91. The van der Waals surface area contributed by atoms with E-state index in [-0.39, 0.29) is 6.61 Å². The summed E-state index contributed by atoms with van der Waals surface area (Å²) in [6.07, 6.45) is 0.939. The Morgan fingerprint density at radius 3 is 2.72 bits per heavy atom. The lowest BCUT2D eigenvalue weighted by Gasteiger charge is -2.08. The molecule has 0 heterocycles. The van der Waals surface area contributed by atoms with Crippen molar-refractivity contribution >= 4 is 5.69 Å². The summed E-state index contributed by atoms with van der Waals surface area (Å²) in [5.41, 5.74) is -0.841. The molecule has 0 radical (unpaired) electrons. The lowest BCUT2D eigenvalue weighted by atomic mass is 10.2. The van der Waals surface area contributed by atoms with Gasteiger partial charge in [0.05, 0.1) is 4.92 Å². The Kier molecular flexibility index (Phi) is 5.44. The van der Waals surface area contributed by atoms with E-state index in [0.29, 0.717) is 12.6 Å². The van der Waals surface area contributed by atoms with Gasteiger partial charge in [0, 0.05) is 18.7 Å². The first-order chi connectivity index (χ1) is 8.56. The highest BCUT2D eigenvalue weighted by Crippen LogP contribution is 2.30. The highest BCUT2D eigenvalue weighted by atomic mass is 19.1. The Morgan fingerprint density at radius 2 is 2.11 bits per heavy atom. The average molecular weight is 260 g/mol. The quantitative estimate of drug-likeness (QED) is 0.464. The van der Waals surface area contributed by atoms with Crippen molar-refractivity contribution in [3.05, 3.63) is 33.9 Å². The van der Waals surface area contributed by atoms with E-state index in [1.807, 2.05) is 6.92 Å². The van der Waals surface area contributed by atoms with Gasteiger partial charge in [-0.3, -0.25) is 10.1 Å². The molecule has 7 heteroatoms. The minimum Gasteiger partial charge on any atom is -0.485 e. The third kappa shape index (κ3) is 3.92. The molecular weight excluding hydrogens is 246 g/mol. The molecule has 1 N–H and O–H groups in total. The monoisotopic (exact) mass is 260 g/mol. The zero-order chi connectivity index (χ0) is 13.5. The van der Waals surface area contributed by atoms with Crippen LogP contribution in [0.25, 0.3) is 0 Å². The molecule has 1 aromatic carbocycles. The van der Waals surface area contributed by atoms with Crippen LogP contribution in [-0.2, 0) is 0 Å². The minimum absolute atomic E-state index is 0.101. The number of nitrogens with zero attached hydrogens (tertiary/aromatic N) is 1. The smallest absolute Gasteiger partial charge is 0.346 e. The Balaban J connectivity index is 2.71. The molecule has 0 saturated heterocycles. The summed E-state index contributed by atoms with van der Waals surface area (Å²) in [5.74, 6) is -2.54. The molecule has 0 fully saturated rings. The molecule has 0 spiro atoms. The number of rotatable bonds is 7. The average Bonchev–Trinajstić information content (AvgIpc) is 2.27. The van der Waals surface area contributed by atoms with Crippen LogP contribution in [-0.4, -0.2) is 24.6 Å². The molecule has 0 aliphatic carbocycles. The van der Waals surface area contributed by atoms with Crippen molar-refractivity contribution in [3.8, 4) is 5.75 Å². The molecule has 1 rings (SSSR count). The Bertz CT molecular complexity index is 427. The molecule has 0 amide bonds. The van der Waals surface area contributed by atoms with E-state index in [9.17, 15) is 18.9 Å². The standard InChI is InChI=1S/C11H14F2N2O3/c1-2-3-14-4-5-18-10-7-8(12)6-9(13)11(10)15(16)17/h6-7,14H,2-5H2,1H3. The van der Waals surface area contributed by atoms with Crippen LogP contribution >= 0.6 is 0 Å². The molecule has 1 aromatic rings. The summed E-state index contributed by atoms with van der Waals surface area (Å²) in [6, 6.07) is 1.27. The number of nitro groups is 1. The summed E-state index contributed by atoms with van der Waals surface area (Å²) in [5, 5.41) is 13.6. The number of ether oxygens (including phenoxy) is 1. The van der Waals surface area contributed by atoms with Gasteiger partial charge < -0.3 is 10.1 Å². The van der Waals surface area contributed by atoms with Crippen LogP contribution in [0.3, 0.4) is 0 Å². The third-order valence-corrected chi connectivity index (χ3v) is 2.14. The second-order valence-electron chi connectivity index (χ2n) is 3.59. The fraction of sp³-hybridized carbons (Fsp3) is 0.455. The molecule has 0 saturated carbocycles. The van der Waals surface area contributed by atoms with E-state index in [0.717, 1.165) is 19.0 Å². The van der Waals surface area contributed by atoms with Crippen LogP contribution in [0.4, 0.5) is 14.5 Å². The van der Waals surface area contributed by atoms with Gasteiger partial charge >= 0.3 is 5.69 Å². The van der Waals surface area contributed by atoms with Gasteiger partial charge in [-0.15, -0.1) is 0 Å². The first-order valence-corrected chi connectivity index (χ1v) is 5.53. The van der Waals surface area contributed by atoms with E-state index in [1.165, 1.54) is 0 Å². The Morgan fingerprint density at radius 1 is 1.39 bits per heavy atom. The Hall–Kier alpha value is -1.76. The van der Waals surface area contributed by atoms with Gasteiger partial charge in [0.1, 0.15) is 12.4 Å². The normalized spacial score (nSPS) is 10.4. The van der Waals surface area contributed by atoms with E-state index >= 15 is 0 Å². The maximum Gasteiger partial charge on any atom is 0.346 e. The van der Waals surface area contributed by atoms with Crippen LogP contribution in [0.5, 0.6) is 5.75 Å². The van der Waals surface area contributed by atoms with Crippen molar-refractivity contribution in [2.75, 3.05) is 19.7 Å². The van der Waals surface area contributed by atoms with Crippen molar-refractivity contribution in [3.63, 3.8) is 0 Å². The summed E-state index contributed by atoms with van der Waals surface area (Å²) < 4.78 is 31.2. The number of hydrogen-bond acceptors (Lipinski definition) is 4. The maximum atomic E-state index is 13.2. The van der Waals surface area contributed by atoms with Crippen molar-refractivity contribution < 1.29 is 18.4 Å². The van der Waals surface area contributed by atoms with Crippen LogP contribution in [0.15, 0.2) is 12.1 Å². The molecule has 18 heavy (non-hydrogen) atoms. The molecular formula is C11H14F2N2O3. The van der Waals surface area contributed by atoms with E-state index in [2.05, 4.69) is 5.32 Å². The zero-order valence-corrected chi connectivity index (χ0v) is 9.91. The van der Waals surface area contributed by atoms with E-state index in [4.69, 9.17) is 4.74 Å². The van der Waals surface area contributed by atoms with Crippen LogP contribution in [0.2, 0.25) is 0 Å². The van der Waals surface area contributed by atoms with Crippen LogP contribution in [0.1, 0.15) is 13.3 Å². The second-order valence-corrected chi connectivity index (χ2v) is 3.59. The molecule has 0 atom stereocenters. The molecule has 0 aromatic heterocycles. The first kappa shape index (κ1) is 14.3. The fourth-order valence-electron chi connectivity index (χ4n) is 1.36. The van der Waals surface area contributed by atoms with Crippen molar-refractivity contribution in [1.82, 2.24) is 5.32 Å². The SMILES string of the molecule is CCCNCCOc1cc(F)cc(F)c1[N+](=O)[O-]. The number of hydrogen-bond donors (Lipinski definition) is 1. The van der Waals surface area contributed by atoms with Gasteiger partial charge in [0.25, 0.3) is 0 Å². The topological polar surface area (TPSA) is 64.4 Å². The van der Waals surface area contributed by atoms with Crippen LogP contribution in [0, 0.1) is 21.7 Å². The predicted molar refractivity (Wildman–Crippen MR) is 61.7 cm³/mol. The number of nitrogens with one attached hydrogen (secondary N) is 1. The maximum absolute atomic E-state index is 13.2. The summed E-state index contributed by atoms with van der Waals surface area (Å²) in [7, 11) is 0. The second kappa shape index (κ2) is 6.85. The third-order valence-electron chi connectivity index (χ3n) is 2.14. The summed E-state index contributed by atoms with van der Waals surface area (Å²) in [6.45, 7) is 3.32. The predicted octanol–water partition coefficient (Wildman–Crippen LogP) is 2.25. The van der Waals surface area contributed by atoms with Gasteiger partial charge in [-0.2, -0.15) is 4.39 Å². The van der Waals surface area contributed by atoms with Gasteiger partial charge in [0.2, 0.25) is 11.6 Å². The van der Waals surface area contributed by atoms with Gasteiger partial charge in [-0.05, 0) is 13.0 Å². The van der Waals surface area contributed by atoms with Gasteiger partial charge in [-0.1, -0.05) is 6.92 Å². The van der Waals surface area contributed by atoms with Crippen LogP contribution < -0.4 is 10.1 Å². The highest BCUT2D eigenvalue weighted by Gasteiger charge is 2.23. The molecule has 0 aliphatic heterocycles. The molecule has 5 nitrogen and oxygen atoms in total. The minimum atomic E-state index is -1.24. The van der Waals surface area contributed by atoms with Crippen molar-refractivity contribution in [2.24, 2.45) is 0 Å². The highest BCUT2D eigenvalue weighted by molar-refractivity contribution is 5.47. The Labute approximate surface area is 103 Å². The molecule has 0 unspecified atom stereocenters. The lowest BCUT2D eigenvalue weighted by molar-refractivity contribution is -0.388. The van der Waals surface area contributed by atoms with Gasteiger partial charge in [0.15, 0.2) is 0 Å². The number of benzene rings is 1. The van der Waals surface area contributed by atoms with Gasteiger partial charge in [-0.25, -0.2) is 4.39 Å². The largest absolute Gasteiger partial charge is 0.485 e. The lowest BCUT2D eigenvalue weighted by Crippen LogP contribution is -2.21. The van der Waals surface area contributed by atoms with E-state index in [1.54, 1.807) is 0 Å². The number of nitro benzene ring substituents is 1. The van der Waals surface area contributed by atoms with Crippen molar-refractivity contribution in [1.29, 1.82) is 0 Å². The molecule has 0 aliphatic rings. The summed E-state index contributed by atoms with van der Waals surface area (Å²) in [4.78, 5) is 9.71. The van der Waals surface area contributed by atoms with Crippen molar-refractivity contribution in [2.45, 2.75) is 13.3 Å². The van der Waals surface area contributed by atoms with E-state index < -0.39 is 28.0 Å². The summed E-state index contributed by atoms with van der Waals surface area (Å²) >= 11 is 0. The first-order valence-electron chi connectivity index (χ1n) is 5.53. The number of halogens is 2. The molecule has 0 bridgehead atoms.